The van der Waals surface area contributed by atoms with Crippen LogP contribution in [-0.2, 0) is 14.4 Å². The molecule has 228 valence electrons. The van der Waals surface area contributed by atoms with Crippen LogP contribution in [0.5, 0.6) is 5.75 Å². The fraction of sp³-hybridized carbons (Fsp3) is 0.472. The van der Waals surface area contributed by atoms with Gasteiger partial charge in [-0.25, -0.2) is 0 Å². The molecule has 0 saturated carbocycles. The van der Waals surface area contributed by atoms with E-state index in [1.165, 1.54) is 0 Å². The second-order valence-electron chi connectivity index (χ2n) is 14.0. The molecule has 0 spiro atoms. The molecule has 0 radical (unpaired) electrons. The Balaban J connectivity index is 1.59. The topological polar surface area (TPSA) is 75.7 Å². The second-order valence-corrected chi connectivity index (χ2v) is 14.4. The molecule has 0 fully saturated rings. The van der Waals surface area contributed by atoms with Crippen LogP contribution in [0.1, 0.15) is 89.3 Å². The number of allylic oxidation sites excluding steroid dienone is 4. The third kappa shape index (κ3) is 6.31. The Labute approximate surface area is 260 Å². The third-order valence-electron chi connectivity index (χ3n) is 8.90. The van der Waals surface area contributed by atoms with Crippen LogP contribution in [0.3, 0.4) is 0 Å². The van der Waals surface area contributed by atoms with Gasteiger partial charge < -0.3 is 15.0 Å². The molecule has 7 heteroatoms. The SMILES string of the molecule is CCCN1C2=C(C(=O)CC(C)(C)C2)C(c2cc(Cl)ccc2OCC(=O)Nc2ccc(C)c(C)c2)C2=C1CC(C)(C)CC2=O. The molecule has 1 N–H and O–H groups in total. The minimum atomic E-state index is -0.596. The van der Waals surface area contributed by atoms with E-state index >= 15 is 0 Å². The zero-order valence-electron chi connectivity index (χ0n) is 26.4. The standard InChI is InChI=1S/C36H43ClN2O4/c1-8-13-39-26-16-35(4,5)18-28(40)33(26)32(34-27(39)17-36(6,7)19-29(34)41)25-15-23(37)10-12-30(25)43-20-31(42)38-24-11-9-21(2)22(3)14-24/h9-12,14-15,32H,8,13,16-20H2,1-7H3,(H,38,42). The van der Waals surface area contributed by atoms with Crippen LogP contribution in [0.4, 0.5) is 5.69 Å². The van der Waals surface area contributed by atoms with E-state index in [1.54, 1.807) is 18.2 Å². The maximum absolute atomic E-state index is 14.0. The van der Waals surface area contributed by atoms with Crippen LogP contribution in [0.15, 0.2) is 58.9 Å². The average Bonchev–Trinajstić information content (AvgIpc) is 2.89. The number of amides is 1. The molecule has 1 aliphatic heterocycles. The second kappa shape index (κ2) is 11.6. The van der Waals surface area contributed by atoms with E-state index < -0.39 is 5.92 Å². The number of carbonyl (C=O) groups is 3. The summed E-state index contributed by atoms with van der Waals surface area (Å²) in [6.07, 6.45) is 3.18. The largest absolute Gasteiger partial charge is 0.483 e. The number of ether oxygens (including phenoxy) is 1. The van der Waals surface area contributed by atoms with Crippen LogP contribution in [0.25, 0.3) is 0 Å². The number of anilines is 1. The molecule has 6 nitrogen and oxygen atoms in total. The summed E-state index contributed by atoms with van der Waals surface area (Å²) >= 11 is 6.58. The Bertz CT molecular complexity index is 1510. The van der Waals surface area contributed by atoms with Crippen molar-refractivity contribution in [3.8, 4) is 5.75 Å². The predicted molar refractivity (Wildman–Crippen MR) is 171 cm³/mol. The van der Waals surface area contributed by atoms with Crippen molar-refractivity contribution in [2.24, 2.45) is 10.8 Å². The normalized spacial score (nSPS) is 19.8. The first-order valence-corrected chi connectivity index (χ1v) is 15.7. The summed E-state index contributed by atoms with van der Waals surface area (Å²) < 4.78 is 6.17. The molecule has 1 heterocycles. The highest BCUT2D eigenvalue weighted by atomic mass is 35.5. The van der Waals surface area contributed by atoms with E-state index in [-0.39, 0.29) is 34.9 Å². The fourth-order valence-corrected chi connectivity index (χ4v) is 7.07. The maximum Gasteiger partial charge on any atom is 0.262 e. The zero-order chi connectivity index (χ0) is 31.3. The summed E-state index contributed by atoms with van der Waals surface area (Å²) in [5.41, 5.74) is 6.56. The van der Waals surface area contributed by atoms with Crippen LogP contribution in [0.2, 0.25) is 5.02 Å². The number of hydrogen-bond donors (Lipinski definition) is 1. The summed E-state index contributed by atoms with van der Waals surface area (Å²) in [7, 11) is 0. The minimum absolute atomic E-state index is 0.0555. The highest BCUT2D eigenvalue weighted by Gasteiger charge is 2.49. The van der Waals surface area contributed by atoms with Gasteiger partial charge in [-0.15, -0.1) is 0 Å². The molecular formula is C36H43ClN2O4. The zero-order valence-corrected chi connectivity index (χ0v) is 27.2. The van der Waals surface area contributed by atoms with Gasteiger partial charge >= 0.3 is 0 Å². The number of nitrogens with one attached hydrogen (secondary N) is 1. The number of ketones is 2. The number of halogens is 1. The van der Waals surface area contributed by atoms with Crippen molar-refractivity contribution in [1.29, 1.82) is 0 Å². The first kappa shape index (κ1) is 31.1. The third-order valence-corrected chi connectivity index (χ3v) is 9.14. The molecule has 5 rings (SSSR count). The first-order valence-electron chi connectivity index (χ1n) is 15.3. The molecule has 2 aliphatic carbocycles. The molecule has 0 unspecified atom stereocenters. The van der Waals surface area contributed by atoms with Crippen molar-refractivity contribution in [3.63, 3.8) is 0 Å². The highest BCUT2D eigenvalue weighted by molar-refractivity contribution is 6.30. The molecule has 43 heavy (non-hydrogen) atoms. The molecule has 0 saturated heterocycles. The molecule has 1 amide bonds. The summed E-state index contributed by atoms with van der Waals surface area (Å²) in [4.78, 5) is 43.3. The Morgan fingerprint density at radius 2 is 1.51 bits per heavy atom. The van der Waals surface area contributed by atoms with Gasteiger partial charge in [-0.2, -0.15) is 0 Å². The van der Waals surface area contributed by atoms with Gasteiger partial charge in [0.05, 0.1) is 0 Å². The number of rotatable bonds is 7. The van der Waals surface area contributed by atoms with E-state index in [1.807, 2.05) is 32.0 Å². The maximum atomic E-state index is 14.0. The predicted octanol–water partition coefficient (Wildman–Crippen LogP) is 8.07. The van der Waals surface area contributed by atoms with E-state index in [9.17, 15) is 14.4 Å². The van der Waals surface area contributed by atoms with Crippen molar-refractivity contribution >= 4 is 34.8 Å². The molecular weight excluding hydrogens is 560 g/mol. The summed E-state index contributed by atoms with van der Waals surface area (Å²) in [5, 5.41) is 3.39. The van der Waals surface area contributed by atoms with Crippen LogP contribution >= 0.6 is 11.6 Å². The van der Waals surface area contributed by atoms with Crippen molar-refractivity contribution in [3.05, 3.63) is 80.7 Å². The van der Waals surface area contributed by atoms with Gasteiger partial charge in [0.15, 0.2) is 18.2 Å². The van der Waals surface area contributed by atoms with Crippen molar-refractivity contribution in [1.82, 2.24) is 4.90 Å². The number of Topliss-reactive ketones (excluding diaryl/α,β-unsaturated/α-hetero) is 2. The lowest BCUT2D eigenvalue weighted by Crippen LogP contribution is -2.44. The van der Waals surface area contributed by atoms with Gasteiger partial charge in [0.2, 0.25) is 0 Å². The Hall–Kier alpha value is -3.38. The van der Waals surface area contributed by atoms with Crippen LogP contribution in [-0.4, -0.2) is 35.5 Å². The number of carbonyl (C=O) groups excluding carboxylic acids is 3. The van der Waals surface area contributed by atoms with E-state index in [0.717, 1.165) is 48.3 Å². The summed E-state index contributed by atoms with van der Waals surface area (Å²) in [6.45, 7) is 15.2. The molecule has 2 aromatic carbocycles. The van der Waals surface area contributed by atoms with E-state index in [4.69, 9.17) is 16.3 Å². The van der Waals surface area contributed by atoms with Crippen LogP contribution < -0.4 is 10.1 Å². The van der Waals surface area contributed by atoms with Gasteiger partial charge in [0.25, 0.3) is 5.91 Å². The van der Waals surface area contributed by atoms with Crippen LogP contribution in [0, 0.1) is 24.7 Å². The Kier molecular flexibility index (Phi) is 8.38. The van der Waals surface area contributed by atoms with Crippen molar-refractivity contribution in [2.75, 3.05) is 18.5 Å². The average molecular weight is 603 g/mol. The van der Waals surface area contributed by atoms with Gasteiger partial charge in [-0.3, -0.25) is 14.4 Å². The summed E-state index contributed by atoms with van der Waals surface area (Å²) in [6, 6.07) is 11.0. The highest BCUT2D eigenvalue weighted by Crippen LogP contribution is 2.55. The molecule has 0 bridgehead atoms. The quantitative estimate of drug-likeness (QED) is 0.347. The number of hydrogen-bond acceptors (Lipinski definition) is 5. The Morgan fingerprint density at radius 1 is 0.907 bits per heavy atom. The van der Waals surface area contributed by atoms with Gasteiger partial charge in [0, 0.05) is 64.1 Å². The summed E-state index contributed by atoms with van der Waals surface area (Å²) in [5.74, 6) is -0.336. The molecule has 3 aliphatic rings. The smallest absolute Gasteiger partial charge is 0.262 e. The van der Waals surface area contributed by atoms with Gasteiger partial charge in [0.1, 0.15) is 5.75 Å². The molecule has 0 aromatic heterocycles. The fourth-order valence-electron chi connectivity index (χ4n) is 6.89. The van der Waals surface area contributed by atoms with Gasteiger partial charge in [-0.05, 0) is 85.4 Å². The number of nitrogens with zero attached hydrogens (tertiary/aromatic N) is 1. The Morgan fingerprint density at radius 3 is 2.07 bits per heavy atom. The van der Waals surface area contributed by atoms with Gasteiger partial charge in [-0.1, -0.05) is 52.3 Å². The van der Waals surface area contributed by atoms with Crippen molar-refractivity contribution in [2.45, 2.75) is 86.5 Å². The van der Waals surface area contributed by atoms with E-state index in [2.05, 4.69) is 44.8 Å². The number of aryl methyl sites for hydroxylation is 2. The lowest BCUT2D eigenvalue weighted by molar-refractivity contribution is -0.120. The minimum Gasteiger partial charge on any atom is -0.483 e. The monoisotopic (exact) mass is 602 g/mol. The lowest BCUT2D eigenvalue weighted by atomic mass is 9.63. The van der Waals surface area contributed by atoms with Crippen molar-refractivity contribution < 1.29 is 19.1 Å². The lowest BCUT2D eigenvalue weighted by Gasteiger charge is -2.49. The number of benzene rings is 2. The van der Waals surface area contributed by atoms with E-state index in [0.29, 0.717) is 46.0 Å². The molecule has 0 atom stereocenters. The first-order chi connectivity index (χ1) is 20.2. The molecule has 2 aromatic rings.